The van der Waals surface area contributed by atoms with Crippen LogP contribution in [-0.4, -0.2) is 0 Å². The minimum Gasteiger partial charge on any atom is -0.462 e. The molecule has 0 amide bonds. The third-order valence-corrected chi connectivity index (χ3v) is 3.64. The van der Waals surface area contributed by atoms with Gasteiger partial charge in [0, 0.05) is 12.8 Å². The standard InChI is InChI=1S/C20H21NO/c1-4-16(3)22-20-12-11-19(14-15(20)2)18-9-7-17(8-10-18)6-5-13-21/h7-12,14H,3-6H2,1-2H3. The van der Waals surface area contributed by atoms with E-state index < -0.39 is 0 Å². The first kappa shape index (κ1) is 15.9. The van der Waals surface area contributed by atoms with Crippen LogP contribution in [0.3, 0.4) is 0 Å². The van der Waals surface area contributed by atoms with E-state index in [0.717, 1.165) is 29.9 Å². The number of rotatable bonds is 6. The van der Waals surface area contributed by atoms with Gasteiger partial charge in [-0.05, 0) is 47.7 Å². The van der Waals surface area contributed by atoms with Crippen LogP contribution in [0.2, 0.25) is 0 Å². The van der Waals surface area contributed by atoms with Gasteiger partial charge in [0.2, 0.25) is 0 Å². The summed E-state index contributed by atoms with van der Waals surface area (Å²) in [7, 11) is 0. The van der Waals surface area contributed by atoms with Gasteiger partial charge in [0.05, 0.1) is 11.8 Å². The molecule has 0 saturated carbocycles. The van der Waals surface area contributed by atoms with E-state index in [1.807, 2.05) is 19.9 Å². The van der Waals surface area contributed by atoms with Crippen LogP contribution in [0.25, 0.3) is 11.1 Å². The van der Waals surface area contributed by atoms with E-state index in [9.17, 15) is 0 Å². The third-order valence-electron chi connectivity index (χ3n) is 3.64. The van der Waals surface area contributed by atoms with Gasteiger partial charge in [-0.2, -0.15) is 5.26 Å². The van der Waals surface area contributed by atoms with Crippen LogP contribution in [0.5, 0.6) is 5.75 Å². The molecule has 0 atom stereocenters. The highest BCUT2D eigenvalue weighted by Gasteiger charge is 2.05. The van der Waals surface area contributed by atoms with Crippen LogP contribution in [0.4, 0.5) is 0 Å². The van der Waals surface area contributed by atoms with Crippen molar-refractivity contribution in [2.24, 2.45) is 0 Å². The Hall–Kier alpha value is -2.53. The van der Waals surface area contributed by atoms with Gasteiger partial charge in [0.15, 0.2) is 0 Å². The van der Waals surface area contributed by atoms with Crippen LogP contribution in [-0.2, 0) is 6.42 Å². The van der Waals surface area contributed by atoms with E-state index in [1.54, 1.807) is 0 Å². The lowest BCUT2D eigenvalue weighted by molar-refractivity contribution is 0.409. The summed E-state index contributed by atoms with van der Waals surface area (Å²) in [5, 5.41) is 8.63. The molecule has 2 nitrogen and oxygen atoms in total. The Morgan fingerprint density at radius 3 is 2.41 bits per heavy atom. The van der Waals surface area contributed by atoms with Crippen molar-refractivity contribution in [1.29, 1.82) is 5.26 Å². The predicted molar refractivity (Wildman–Crippen MR) is 90.6 cm³/mol. The topological polar surface area (TPSA) is 33.0 Å². The number of benzene rings is 2. The molecule has 0 N–H and O–H groups in total. The van der Waals surface area contributed by atoms with E-state index in [0.29, 0.717) is 6.42 Å². The summed E-state index contributed by atoms with van der Waals surface area (Å²) in [6.45, 7) is 7.95. The number of ether oxygens (including phenoxy) is 1. The molecule has 0 spiro atoms. The Labute approximate surface area is 132 Å². The van der Waals surface area contributed by atoms with Crippen molar-refractivity contribution in [3.8, 4) is 22.9 Å². The van der Waals surface area contributed by atoms with Gasteiger partial charge in [-0.1, -0.05) is 43.8 Å². The number of aryl methyl sites for hydroxylation is 2. The molecular formula is C20H21NO. The second kappa shape index (κ2) is 7.47. The third kappa shape index (κ3) is 3.99. The zero-order chi connectivity index (χ0) is 15.9. The Bertz CT molecular complexity index is 693. The van der Waals surface area contributed by atoms with Gasteiger partial charge in [-0.15, -0.1) is 0 Å². The maximum atomic E-state index is 8.63. The van der Waals surface area contributed by atoms with Gasteiger partial charge in [-0.3, -0.25) is 0 Å². The quantitative estimate of drug-likeness (QED) is 0.666. The average molecular weight is 291 g/mol. The van der Waals surface area contributed by atoms with E-state index in [2.05, 4.69) is 49.0 Å². The highest BCUT2D eigenvalue weighted by molar-refractivity contribution is 5.66. The molecule has 22 heavy (non-hydrogen) atoms. The first-order valence-electron chi connectivity index (χ1n) is 7.56. The molecule has 2 heteroatoms. The summed E-state index contributed by atoms with van der Waals surface area (Å²) in [6.07, 6.45) is 2.18. The monoisotopic (exact) mass is 291 g/mol. The summed E-state index contributed by atoms with van der Waals surface area (Å²) >= 11 is 0. The number of hydrogen-bond acceptors (Lipinski definition) is 2. The van der Waals surface area contributed by atoms with Gasteiger partial charge in [-0.25, -0.2) is 0 Å². The molecule has 2 aromatic rings. The molecular weight excluding hydrogens is 270 g/mol. The molecule has 2 rings (SSSR count). The molecule has 2 aromatic carbocycles. The van der Waals surface area contributed by atoms with Crippen LogP contribution < -0.4 is 4.74 Å². The zero-order valence-corrected chi connectivity index (χ0v) is 13.2. The lowest BCUT2D eigenvalue weighted by Crippen LogP contribution is -1.94. The molecule has 0 bridgehead atoms. The normalized spacial score (nSPS) is 10.0. The first-order chi connectivity index (χ1) is 10.6. The van der Waals surface area contributed by atoms with Crippen molar-refractivity contribution in [3.63, 3.8) is 0 Å². The number of hydrogen-bond donors (Lipinski definition) is 0. The SMILES string of the molecule is C=C(CC)Oc1ccc(-c2ccc(CCC#N)cc2)cc1C. The number of nitriles is 1. The Morgan fingerprint density at radius 2 is 1.82 bits per heavy atom. The molecule has 0 aliphatic rings. The van der Waals surface area contributed by atoms with Crippen molar-refractivity contribution >= 4 is 0 Å². The second-order valence-electron chi connectivity index (χ2n) is 5.33. The van der Waals surface area contributed by atoms with Crippen LogP contribution >= 0.6 is 0 Å². The maximum Gasteiger partial charge on any atom is 0.129 e. The Balaban J connectivity index is 2.17. The fourth-order valence-corrected chi connectivity index (χ4v) is 2.24. The number of nitrogens with zero attached hydrogens (tertiary/aromatic N) is 1. The smallest absolute Gasteiger partial charge is 0.129 e. The van der Waals surface area contributed by atoms with E-state index in [4.69, 9.17) is 10.00 Å². The molecule has 0 aliphatic heterocycles. The lowest BCUT2D eigenvalue weighted by atomic mass is 10.0. The number of allylic oxidation sites excluding steroid dienone is 1. The molecule has 0 aromatic heterocycles. The van der Waals surface area contributed by atoms with Crippen molar-refractivity contribution < 1.29 is 4.74 Å². The van der Waals surface area contributed by atoms with Crippen molar-refractivity contribution in [2.75, 3.05) is 0 Å². The molecule has 0 aliphatic carbocycles. The van der Waals surface area contributed by atoms with Gasteiger partial charge in [0.25, 0.3) is 0 Å². The maximum absolute atomic E-state index is 8.63. The molecule has 0 unspecified atom stereocenters. The second-order valence-corrected chi connectivity index (χ2v) is 5.33. The average Bonchev–Trinajstić information content (AvgIpc) is 2.55. The van der Waals surface area contributed by atoms with Crippen molar-refractivity contribution in [1.82, 2.24) is 0 Å². The Kier molecular flexibility index (Phi) is 5.38. The summed E-state index contributed by atoms with van der Waals surface area (Å²) in [6, 6.07) is 16.7. The van der Waals surface area contributed by atoms with Crippen molar-refractivity contribution in [3.05, 3.63) is 65.9 Å². The fraction of sp³-hybridized carbons (Fsp3) is 0.250. The summed E-state index contributed by atoms with van der Waals surface area (Å²) in [5.41, 5.74) is 4.63. The Morgan fingerprint density at radius 1 is 1.14 bits per heavy atom. The van der Waals surface area contributed by atoms with Crippen molar-refractivity contribution in [2.45, 2.75) is 33.1 Å². The molecule has 0 radical (unpaired) electrons. The largest absolute Gasteiger partial charge is 0.462 e. The molecule has 0 fully saturated rings. The van der Waals surface area contributed by atoms with Gasteiger partial charge >= 0.3 is 0 Å². The van der Waals surface area contributed by atoms with E-state index >= 15 is 0 Å². The van der Waals surface area contributed by atoms with Crippen LogP contribution in [0, 0.1) is 18.3 Å². The molecule has 0 heterocycles. The van der Waals surface area contributed by atoms with Gasteiger partial charge in [0.1, 0.15) is 5.75 Å². The summed E-state index contributed by atoms with van der Waals surface area (Å²) in [4.78, 5) is 0. The fourth-order valence-electron chi connectivity index (χ4n) is 2.24. The minimum atomic E-state index is 0.561. The summed E-state index contributed by atoms with van der Waals surface area (Å²) < 4.78 is 5.72. The molecule has 0 saturated heterocycles. The lowest BCUT2D eigenvalue weighted by Gasteiger charge is -2.11. The van der Waals surface area contributed by atoms with Crippen LogP contribution in [0.1, 0.15) is 30.9 Å². The van der Waals surface area contributed by atoms with Crippen LogP contribution in [0.15, 0.2) is 54.8 Å². The zero-order valence-electron chi connectivity index (χ0n) is 13.2. The first-order valence-corrected chi connectivity index (χ1v) is 7.56. The van der Waals surface area contributed by atoms with E-state index in [1.165, 1.54) is 16.7 Å². The predicted octanol–water partition coefficient (Wildman–Crippen LogP) is 5.42. The van der Waals surface area contributed by atoms with E-state index in [-0.39, 0.29) is 0 Å². The van der Waals surface area contributed by atoms with Gasteiger partial charge < -0.3 is 4.74 Å². The molecule has 112 valence electrons. The summed E-state index contributed by atoms with van der Waals surface area (Å²) in [5.74, 6) is 1.64. The highest BCUT2D eigenvalue weighted by atomic mass is 16.5. The minimum absolute atomic E-state index is 0.561. The highest BCUT2D eigenvalue weighted by Crippen LogP contribution is 2.27.